The Balaban J connectivity index is 2.02. The number of nitrogens with zero attached hydrogens (tertiary/aromatic N) is 3. The molecule has 0 spiro atoms. The van der Waals surface area contributed by atoms with Crippen molar-refractivity contribution in [3.05, 3.63) is 35.8 Å². The molecule has 2 aromatic rings. The van der Waals surface area contributed by atoms with E-state index in [1.807, 2.05) is 19.1 Å². The van der Waals surface area contributed by atoms with Gasteiger partial charge in [-0.3, -0.25) is 4.79 Å². The van der Waals surface area contributed by atoms with Crippen molar-refractivity contribution in [3.8, 4) is 5.75 Å². The first-order valence-corrected chi connectivity index (χ1v) is 7.46. The number of para-hydroxylation sites is 1. The van der Waals surface area contributed by atoms with Crippen LogP contribution < -0.4 is 10.1 Å². The minimum atomic E-state index is -0.0804. The Kier molecular flexibility index (Phi) is 4.06. The number of carbonyl (C=O) groups excluding carboxylic acids is 1. The Hall–Kier alpha value is -2.76. The second-order valence-corrected chi connectivity index (χ2v) is 5.43. The average Bonchev–Trinajstić information content (AvgIpc) is 3.00. The van der Waals surface area contributed by atoms with E-state index in [0.717, 1.165) is 17.9 Å². The van der Waals surface area contributed by atoms with Crippen molar-refractivity contribution in [1.82, 2.24) is 9.97 Å². The molecule has 0 atom stereocenters. The number of nitrogens with one attached hydrogen (secondary N) is 1. The fourth-order valence-electron chi connectivity index (χ4n) is 2.38. The maximum absolute atomic E-state index is 11.5. The van der Waals surface area contributed by atoms with Crippen molar-refractivity contribution in [2.24, 2.45) is 4.99 Å². The van der Waals surface area contributed by atoms with Crippen LogP contribution >= 0.6 is 0 Å². The number of rotatable bonds is 4. The van der Waals surface area contributed by atoms with Gasteiger partial charge in [0.2, 0.25) is 0 Å². The highest BCUT2D eigenvalue weighted by atomic mass is 16.5. The molecule has 0 saturated carbocycles. The second kappa shape index (κ2) is 6.16. The molecule has 0 unspecified atom stereocenters. The van der Waals surface area contributed by atoms with Crippen molar-refractivity contribution in [2.45, 2.75) is 27.2 Å². The number of hydrogen-bond donors (Lipinski definition) is 1. The number of Topliss-reactive ketones (excluding diaryl/α,β-unsaturated/α-hetero) is 1. The van der Waals surface area contributed by atoms with Gasteiger partial charge in [-0.1, -0.05) is 12.1 Å². The standard InChI is InChI=1S/C17H18N4O2/c1-10(12(3)22)20-15-11(2)18-9-19-17(15)21-14-6-4-5-13-7-8-23-16(13)14/h4-6,9H,7-8H2,1-3H3,(H,18,19,21). The summed E-state index contributed by atoms with van der Waals surface area (Å²) in [5, 5.41) is 3.26. The van der Waals surface area contributed by atoms with Crippen LogP contribution in [0.2, 0.25) is 0 Å². The summed E-state index contributed by atoms with van der Waals surface area (Å²) in [6.45, 7) is 5.70. The van der Waals surface area contributed by atoms with E-state index >= 15 is 0 Å². The lowest BCUT2D eigenvalue weighted by atomic mass is 10.1. The van der Waals surface area contributed by atoms with Gasteiger partial charge >= 0.3 is 0 Å². The van der Waals surface area contributed by atoms with Gasteiger partial charge in [0.05, 0.1) is 23.7 Å². The lowest BCUT2D eigenvalue weighted by Crippen LogP contribution is -2.05. The predicted molar refractivity (Wildman–Crippen MR) is 89.1 cm³/mol. The van der Waals surface area contributed by atoms with E-state index < -0.39 is 0 Å². The molecule has 0 bridgehead atoms. The quantitative estimate of drug-likeness (QED) is 0.878. The summed E-state index contributed by atoms with van der Waals surface area (Å²) in [4.78, 5) is 24.3. The summed E-state index contributed by atoms with van der Waals surface area (Å²) in [5.41, 5.74) is 3.70. The van der Waals surface area contributed by atoms with E-state index in [4.69, 9.17) is 4.74 Å². The average molecular weight is 310 g/mol. The molecule has 0 saturated heterocycles. The van der Waals surface area contributed by atoms with Crippen molar-refractivity contribution in [1.29, 1.82) is 0 Å². The maximum Gasteiger partial charge on any atom is 0.173 e. The van der Waals surface area contributed by atoms with Gasteiger partial charge in [-0.05, 0) is 25.5 Å². The molecule has 1 aliphatic rings. The highest BCUT2D eigenvalue weighted by Crippen LogP contribution is 2.37. The van der Waals surface area contributed by atoms with Crippen LogP contribution in [0.3, 0.4) is 0 Å². The molecule has 1 aromatic heterocycles. The molecule has 0 fully saturated rings. The number of aryl methyl sites for hydroxylation is 1. The molecule has 1 N–H and O–H groups in total. The van der Waals surface area contributed by atoms with Gasteiger partial charge in [-0.15, -0.1) is 0 Å². The van der Waals surface area contributed by atoms with E-state index in [1.165, 1.54) is 18.8 Å². The molecule has 6 nitrogen and oxygen atoms in total. The van der Waals surface area contributed by atoms with E-state index in [9.17, 15) is 4.79 Å². The van der Waals surface area contributed by atoms with E-state index in [1.54, 1.807) is 6.92 Å². The van der Waals surface area contributed by atoms with Crippen LogP contribution in [0.4, 0.5) is 17.2 Å². The van der Waals surface area contributed by atoms with Gasteiger partial charge in [0.1, 0.15) is 17.8 Å². The smallest absolute Gasteiger partial charge is 0.173 e. The van der Waals surface area contributed by atoms with E-state index in [2.05, 4.69) is 26.3 Å². The first kappa shape index (κ1) is 15.1. The highest BCUT2D eigenvalue weighted by molar-refractivity contribution is 6.38. The highest BCUT2D eigenvalue weighted by Gasteiger charge is 2.18. The third kappa shape index (κ3) is 3.06. The molecule has 3 rings (SSSR count). The molecule has 118 valence electrons. The van der Waals surface area contributed by atoms with Crippen molar-refractivity contribution >= 4 is 28.7 Å². The van der Waals surface area contributed by atoms with Crippen molar-refractivity contribution in [2.75, 3.05) is 11.9 Å². The third-order valence-electron chi connectivity index (χ3n) is 3.76. The van der Waals surface area contributed by atoms with Crippen LogP contribution in [-0.4, -0.2) is 28.1 Å². The number of ketones is 1. The van der Waals surface area contributed by atoms with Crippen molar-refractivity contribution in [3.63, 3.8) is 0 Å². The van der Waals surface area contributed by atoms with Gasteiger partial charge in [-0.25, -0.2) is 15.0 Å². The van der Waals surface area contributed by atoms with Gasteiger partial charge in [0.15, 0.2) is 11.6 Å². The fraction of sp³-hybridized carbons (Fsp3) is 0.294. The van der Waals surface area contributed by atoms with E-state index in [-0.39, 0.29) is 5.78 Å². The summed E-state index contributed by atoms with van der Waals surface area (Å²) in [5.74, 6) is 1.33. The third-order valence-corrected chi connectivity index (χ3v) is 3.76. The molecule has 0 radical (unpaired) electrons. The Bertz CT molecular complexity index is 799. The monoisotopic (exact) mass is 310 g/mol. The molecule has 0 amide bonds. The first-order chi connectivity index (χ1) is 11.1. The van der Waals surface area contributed by atoms with Gasteiger partial charge in [0, 0.05) is 13.3 Å². The number of aliphatic imine (C=N–C) groups is 1. The van der Waals surface area contributed by atoms with Gasteiger partial charge < -0.3 is 10.1 Å². The van der Waals surface area contributed by atoms with Crippen LogP contribution in [0.15, 0.2) is 29.5 Å². The predicted octanol–water partition coefficient (Wildman–Crippen LogP) is 3.14. The van der Waals surface area contributed by atoms with Crippen LogP contribution in [-0.2, 0) is 11.2 Å². The minimum Gasteiger partial charge on any atom is -0.491 e. The first-order valence-electron chi connectivity index (χ1n) is 7.46. The zero-order valence-electron chi connectivity index (χ0n) is 13.4. The number of hydrogen-bond acceptors (Lipinski definition) is 6. The molecule has 0 aliphatic carbocycles. The zero-order valence-corrected chi connectivity index (χ0v) is 13.4. The van der Waals surface area contributed by atoms with Crippen LogP contribution in [0, 0.1) is 6.92 Å². The second-order valence-electron chi connectivity index (χ2n) is 5.43. The minimum absolute atomic E-state index is 0.0804. The SMILES string of the molecule is CC(=O)C(C)=Nc1c(C)ncnc1Nc1cccc2c1OCC2. The van der Waals surface area contributed by atoms with Crippen molar-refractivity contribution < 1.29 is 9.53 Å². The summed E-state index contributed by atoms with van der Waals surface area (Å²) < 4.78 is 5.70. The summed E-state index contributed by atoms with van der Waals surface area (Å²) in [7, 11) is 0. The summed E-state index contributed by atoms with van der Waals surface area (Å²) in [6.07, 6.45) is 2.38. The van der Waals surface area contributed by atoms with Crippen LogP contribution in [0.25, 0.3) is 0 Å². The molecular formula is C17H18N4O2. The van der Waals surface area contributed by atoms with Crippen LogP contribution in [0.1, 0.15) is 25.1 Å². The topological polar surface area (TPSA) is 76.5 Å². The van der Waals surface area contributed by atoms with Crippen LogP contribution in [0.5, 0.6) is 5.75 Å². The number of carbonyl (C=O) groups is 1. The maximum atomic E-state index is 11.5. The normalized spacial score (nSPS) is 13.4. The Labute approximate surface area is 134 Å². The lowest BCUT2D eigenvalue weighted by Gasteiger charge is -2.13. The lowest BCUT2D eigenvalue weighted by molar-refractivity contribution is -0.111. The number of fused-ring (bicyclic) bond motifs is 1. The Morgan fingerprint density at radius 2 is 2.13 bits per heavy atom. The number of anilines is 2. The zero-order chi connectivity index (χ0) is 16.4. The molecule has 1 aromatic carbocycles. The van der Waals surface area contributed by atoms with Gasteiger partial charge in [-0.2, -0.15) is 0 Å². The molecule has 23 heavy (non-hydrogen) atoms. The fourth-order valence-corrected chi connectivity index (χ4v) is 2.38. The summed E-state index contributed by atoms with van der Waals surface area (Å²) in [6, 6.07) is 5.97. The Morgan fingerprint density at radius 3 is 2.91 bits per heavy atom. The molecule has 6 heteroatoms. The molecular weight excluding hydrogens is 292 g/mol. The number of ether oxygens (including phenoxy) is 1. The number of benzene rings is 1. The molecule has 1 aliphatic heterocycles. The molecule has 2 heterocycles. The van der Waals surface area contributed by atoms with E-state index in [0.29, 0.717) is 29.5 Å². The summed E-state index contributed by atoms with van der Waals surface area (Å²) >= 11 is 0. The van der Waals surface area contributed by atoms with Gasteiger partial charge in [0.25, 0.3) is 0 Å². The largest absolute Gasteiger partial charge is 0.491 e. The number of aromatic nitrogens is 2. The Morgan fingerprint density at radius 1 is 1.30 bits per heavy atom.